The van der Waals surface area contributed by atoms with Gasteiger partial charge < -0.3 is 0 Å². The van der Waals surface area contributed by atoms with E-state index < -0.39 is 0 Å². The predicted molar refractivity (Wildman–Crippen MR) is 82.2 cm³/mol. The topological polar surface area (TPSA) is 72.3 Å². The molecule has 0 aliphatic heterocycles. The van der Waals surface area contributed by atoms with Crippen LogP contribution in [0.3, 0.4) is 0 Å². The van der Waals surface area contributed by atoms with Crippen LogP contribution in [0.4, 0.5) is 0 Å². The molecule has 0 spiro atoms. The molecule has 0 amide bonds. The molecule has 4 aromatic rings. The van der Waals surface area contributed by atoms with E-state index in [-0.39, 0.29) is 0 Å². The monoisotopic (exact) mass is 288 g/mol. The zero-order valence-corrected chi connectivity index (χ0v) is 11.6. The Morgan fingerprint density at radius 2 is 1.91 bits per heavy atom. The van der Waals surface area contributed by atoms with E-state index in [0.717, 1.165) is 28.5 Å². The normalized spacial score (nSPS) is 10.7. The van der Waals surface area contributed by atoms with Crippen molar-refractivity contribution in [3.05, 3.63) is 67.5 Å². The van der Waals surface area contributed by atoms with Crippen molar-refractivity contribution in [2.24, 2.45) is 0 Å². The van der Waals surface area contributed by atoms with Gasteiger partial charge in [0.25, 0.3) is 0 Å². The van der Waals surface area contributed by atoms with Crippen LogP contribution >= 0.6 is 0 Å². The van der Waals surface area contributed by atoms with E-state index in [2.05, 4.69) is 25.1 Å². The van der Waals surface area contributed by atoms with Crippen LogP contribution in [0.25, 0.3) is 28.5 Å². The van der Waals surface area contributed by atoms with Gasteiger partial charge in [0.15, 0.2) is 0 Å². The Morgan fingerprint density at radius 3 is 2.73 bits per heavy atom. The highest BCUT2D eigenvalue weighted by Gasteiger charge is 2.12. The molecule has 22 heavy (non-hydrogen) atoms. The molecule has 0 radical (unpaired) electrons. The maximum absolute atomic E-state index is 4.68. The van der Waals surface area contributed by atoms with Gasteiger partial charge in [0.1, 0.15) is 12.1 Å². The summed E-state index contributed by atoms with van der Waals surface area (Å²) < 4.78 is 1.87. The fraction of sp³-hybridized carbons (Fsp3) is 0. The van der Waals surface area contributed by atoms with E-state index in [4.69, 9.17) is 0 Å². The van der Waals surface area contributed by atoms with Crippen LogP contribution in [0.5, 0.6) is 0 Å². The van der Waals surface area contributed by atoms with Crippen molar-refractivity contribution in [2.45, 2.75) is 0 Å². The second-order valence-corrected chi connectivity index (χ2v) is 4.72. The molecule has 0 bridgehead atoms. The number of hydrogen-bond acceptors (Lipinski definition) is 4. The largest absolute Gasteiger partial charge is 0.291 e. The summed E-state index contributed by atoms with van der Waals surface area (Å²) in [6, 6.07) is 11.6. The van der Waals surface area contributed by atoms with Crippen molar-refractivity contribution < 1.29 is 0 Å². The number of aromatic nitrogens is 6. The summed E-state index contributed by atoms with van der Waals surface area (Å²) in [4.78, 5) is 13.1. The molecule has 1 N–H and O–H groups in total. The van der Waals surface area contributed by atoms with E-state index in [9.17, 15) is 0 Å². The third-order valence-corrected chi connectivity index (χ3v) is 3.34. The SMILES string of the molecule is c1ccc(-c2[nH]ncc2-c2cccc(-n3ccnc3)n2)nc1. The first-order chi connectivity index (χ1) is 10.9. The van der Waals surface area contributed by atoms with E-state index in [1.807, 2.05) is 47.2 Å². The molecule has 4 rings (SSSR count). The maximum Gasteiger partial charge on any atom is 0.138 e. The molecule has 0 aliphatic carbocycles. The lowest BCUT2D eigenvalue weighted by Crippen LogP contribution is -1.96. The van der Waals surface area contributed by atoms with Crippen LogP contribution in [-0.2, 0) is 0 Å². The van der Waals surface area contributed by atoms with Crippen LogP contribution < -0.4 is 0 Å². The number of aromatic amines is 1. The molecule has 0 unspecified atom stereocenters. The zero-order chi connectivity index (χ0) is 14.8. The van der Waals surface area contributed by atoms with E-state index >= 15 is 0 Å². The molecule has 0 saturated heterocycles. The fourth-order valence-electron chi connectivity index (χ4n) is 2.30. The highest BCUT2D eigenvalue weighted by molar-refractivity contribution is 5.76. The van der Waals surface area contributed by atoms with Gasteiger partial charge in [-0.15, -0.1) is 0 Å². The minimum absolute atomic E-state index is 0.808. The predicted octanol–water partition coefficient (Wildman–Crippen LogP) is 2.72. The average molecular weight is 288 g/mol. The van der Waals surface area contributed by atoms with Gasteiger partial charge in [-0.3, -0.25) is 14.6 Å². The van der Waals surface area contributed by atoms with Crippen LogP contribution in [0.15, 0.2) is 67.5 Å². The van der Waals surface area contributed by atoms with Gasteiger partial charge in [-0.05, 0) is 24.3 Å². The molecule has 0 fully saturated rings. The van der Waals surface area contributed by atoms with Gasteiger partial charge in [-0.25, -0.2) is 9.97 Å². The Hall–Kier alpha value is -3.28. The number of nitrogens with one attached hydrogen (secondary N) is 1. The van der Waals surface area contributed by atoms with Crippen molar-refractivity contribution in [1.82, 2.24) is 29.7 Å². The quantitative estimate of drug-likeness (QED) is 0.629. The number of nitrogens with zero attached hydrogens (tertiary/aromatic N) is 5. The van der Waals surface area contributed by atoms with E-state index in [1.54, 1.807) is 24.9 Å². The van der Waals surface area contributed by atoms with Gasteiger partial charge in [0.05, 0.1) is 23.3 Å². The standard InChI is InChI=1S/C16H12N6/c1-2-7-18-14(4-1)16-12(10-19-21-16)13-5-3-6-15(20-13)22-9-8-17-11-22/h1-11H,(H,19,21). The average Bonchev–Trinajstić information content (AvgIpc) is 3.27. The molecule has 6 nitrogen and oxygen atoms in total. The summed E-state index contributed by atoms with van der Waals surface area (Å²) in [6.07, 6.45) is 8.84. The summed E-state index contributed by atoms with van der Waals surface area (Å²) in [6.45, 7) is 0. The summed E-state index contributed by atoms with van der Waals surface area (Å²) in [5.74, 6) is 0.808. The Balaban J connectivity index is 1.81. The van der Waals surface area contributed by atoms with Crippen molar-refractivity contribution in [2.75, 3.05) is 0 Å². The first kappa shape index (κ1) is 12.5. The molecule has 106 valence electrons. The number of hydrogen-bond donors (Lipinski definition) is 1. The van der Waals surface area contributed by atoms with Crippen LogP contribution in [0.1, 0.15) is 0 Å². The molecule has 0 saturated carbocycles. The zero-order valence-electron chi connectivity index (χ0n) is 11.6. The second-order valence-electron chi connectivity index (χ2n) is 4.72. The summed E-state index contributed by atoms with van der Waals surface area (Å²) >= 11 is 0. The Bertz CT molecular complexity index is 880. The number of imidazole rings is 1. The van der Waals surface area contributed by atoms with Gasteiger partial charge >= 0.3 is 0 Å². The van der Waals surface area contributed by atoms with Gasteiger partial charge in [0, 0.05) is 24.2 Å². The smallest absolute Gasteiger partial charge is 0.138 e. The minimum Gasteiger partial charge on any atom is -0.291 e. The molecule has 6 heteroatoms. The lowest BCUT2D eigenvalue weighted by atomic mass is 10.1. The first-order valence-corrected chi connectivity index (χ1v) is 6.82. The van der Waals surface area contributed by atoms with Crippen LogP contribution in [0.2, 0.25) is 0 Å². The second kappa shape index (κ2) is 5.25. The summed E-state index contributed by atoms with van der Waals surface area (Å²) in [5, 5.41) is 7.15. The Kier molecular flexibility index (Phi) is 2.97. The van der Waals surface area contributed by atoms with Crippen molar-refractivity contribution in [3.63, 3.8) is 0 Å². The van der Waals surface area contributed by atoms with E-state index in [0.29, 0.717) is 0 Å². The third-order valence-electron chi connectivity index (χ3n) is 3.34. The highest BCUT2D eigenvalue weighted by Crippen LogP contribution is 2.27. The molecule has 4 aromatic heterocycles. The van der Waals surface area contributed by atoms with Crippen LogP contribution in [-0.4, -0.2) is 29.7 Å². The van der Waals surface area contributed by atoms with Crippen LogP contribution in [0, 0.1) is 0 Å². The lowest BCUT2D eigenvalue weighted by Gasteiger charge is -2.05. The fourth-order valence-corrected chi connectivity index (χ4v) is 2.30. The molecule has 4 heterocycles. The molecular weight excluding hydrogens is 276 g/mol. The molecular formula is C16H12N6. The Morgan fingerprint density at radius 1 is 0.955 bits per heavy atom. The van der Waals surface area contributed by atoms with Gasteiger partial charge in [0.2, 0.25) is 0 Å². The van der Waals surface area contributed by atoms with Crippen molar-refractivity contribution >= 4 is 0 Å². The van der Waals surface area contributed by atoms with Crippen molar-refractivity contribution in [3.8, 4) is 28.5 Å². The molecule has 0 aliphatic rings. The number of H-pyrrole nitrogens is 1. The molecule has 0 aromatic carbocycles. The first-order valence-electron chi connectivity index (χ1n) is 6.82. The Labute approximate surface area is 126 Å². The van der Waals surface area contributed by atoms with E-state index in [1.165, 1.54) is 0 Å². The number of rotatable bonds is 3. The maximum atomic E-state index is 4.68. The van der Waals surface area contributed by atoms with Gasteiger partial charge in [-0.1, -0.05) is 12.1 Å². The minimum atomic E-state index is 0.808. The lowest BCUT2D eigenvalue weighted by molar-refractivity contribution is 0.996. The highest BCUT2D eigenvalue weighted by atomic mass is 15.1. The van der Waals surface area contributed by atoms with Crippen molar-refractivity contribution in [1.29, 1.82) is 0 Å². The summed E-state index contributed by atoms with van der Waals surface area (Å²) in [7, 11) is 0. The number of pyridine rings is 2. The molecule has 0 atom stereocenters. The summed E-state index contributed by atoms with van der Waals surface area (Å²) in [5.41, 5.74) is 3.45. The third kappa shape index (κ3) is 2.16. The van der Waals surface area contributed by atoms with Gasteiger partial charge in [-0.2, -0.15) is 5.10 Å².